The van der Waals surface area contributed by atoms with E-state index in [9.17, 15) is 48.9 Å². The Balaban J connectivity index is 1.56. The number of fused-ring (bicyclic) bond motifs is 1. The molecule has 7 amide bonds. The number of amides is 7. The number of nitrogens with one attached hydrogen (secondary N) is 8. The maximum Gasteiger partial charge on any atom is 0.245 e. The smallest absolute Gasteiger partial charge is 0.245 e. The molecule has 4 aromatic rings. The summed E-state index contributed by atoms with van der Waals surface area (Å²) in [5.74, 6) is -6.01. The van der Waals surface area contributed by atoms with Crippen molar-refractivity contribution in [2.24, 2.45) is 11.5 Å². The minimum Gasteiger partial charge on any atom is -0.394 e. The van der Waals surface area contributed by atoms with Crippen LogP contribution in [0.5, 0.6) is 0 Å². The molecule has 0 saturated carbocycles. The van der Waals surface area contributed by atoms with Crippen molar-refractivity contribution in [2.45, 2.75) is 113 Å². The van der Waals surface area contributed by atoms with Gasteiger partial charge in [0, 0.05) is 41.4 Å². The Morgan fingerprint density at radius 1 is 0.718 bits per heavy atom. The molecule has 20 nitrogen and oxygen atoms in total. The predicted molar refractivity (Wildman–Crippen MR) is 272 cm³/mol. The summed E-state index contributed by atoms with van der Waals surface area (Å²) >= 11 is 0. The fraction of sp³-hybridized carbons (Fsp3) is 0.449. The van der Waals surface area contributed by atoms with E-state index >= 15 is 0 Å². The van der Waals surface area contributed by atoms with Crippen LogP contribution in [0.1, 0.15) is 49.8 Å². The number of para-hydroxylation sites is 1. The number of nitrogens with two attached hydrogens (primary N) is 2. The molecule has 15 N–H and O–H groups in total. The number of hydrogen-bond donors (Lipinski definition) is 13. The van der Waals surface area contributed by atoms with Crippen molar-refractivity contribution < 1.29 is 48.9 Å². The molecular weight excluding hydrogens is 953 g/mol. The van der Waals surface area contributed by atoms with Crippen LogP contribution in [-0.2, 0) is 52.8 Å². The zero-order valence-electron chi connectivity index (χ0n) is 39.7. The van der Waals surface area contributed by atoms with Crippen molar-refractivity contribution in [1.29, 1.82) is 0 Å². The van der Waals surface area contributed by atoms with Crippen LogP contribution in [0, 0.1) is 0 Å². The van der Waals surface area contributed by atoms with Crippen LogP contribution >= 0.6 is 21.6 Å². The van der Waals surface area contributed by atoms with Gasteiger partial charge < -0.3 is 69.0 Å². The second-order valence-electron chi connectivity index (χ2n) is 17.5. The van der Waals surface area contributed by atoms with Gasteiger partial charge in [-0.1, -0.05) is 100 Å². The van der Waals surface area contributed by atoms with Gasteiger partial charge in [-0.05, 0) is 68.8 Å². The summed E-state index contributed by atoms with van der Waals surface area (Å²) in [6, 6.07) is 14.6. The highest BCUT2D eigenvalue weighted by atomic mass is 33.1. The van der Waals surface area contributed by atoms with Crippen molar-refractivity contribution in [2.75, 3.05) is 24.7 Å². The molecule has 1 saturated heterocycles. The SMILES string of the molecule is C[C@H](O)[C@H]1NC(=O)[C@H](CCCCN)NC(=O)[C@@H](Cc2c[nH]c3ccccc23)NC(=O)[C@H](Cc2ccccc2)NC(=O)[C@@H](NC(=O)[C@H](N)Cc2ccccc2)CSSC[C@@H](C(=O)N[C@H](CO)[C@@H](C)O)NC1=O. The first-order chi connectivity index (χ1) is 34.1. The summed E-state index contributed by atoms with van der Waals surface area (Å²) < 4.78 is 0. The highest BCUT2D eigenvalue weighted by molar-refractivity contribution is 8.76. The van der Waals surface area contributed by atoms with E-state index in [2.05, 4.69) is 42.2 Å². The summed E-state index contributed by atoms with van der Waals surface area (Å²) in [6.45, 7) is 2.23. The molecule has 0 spiro atoms. The number of aromatic amines is 1. The van der Waals surface area contributed by atoms with E-state index < -0.39 is 108 Å². The lowest BCUT2D eigenvalue weighted by Gasteiger charge is -2.29. The number of aliphatic hydroxyl groups excluding tert-OH is 3. The third-order valence-corrected chi connectivity index (χ3v) is 14.3. The quantitative estimate of drug-likeness (QED) is 0.0455. The van der Waals surface area contributed by atoms with Crippen LogP contribution in [0.2, 0.25) is 0 Å². The molecule has 1 fully saturated rings. The Labute approximate surface area is 420 Å². The van der Waals surface area contributed by atoms with Crippen LogP contribution in [-0.4, -0.2) is 147 Å². The monoisotopic (exact) mass is 1020 g/mol. The van der Waals surface area contributed by atoms with E-state index in [-0.39, 0.29) is 43.7 Å². The number of aliphatic hydroxyl groups is 3. The number of benzene rings is 3. The highest BCUT2D eigenvalue weighted by Crippen LogP contribution is 2.24. The normalized spacial score (nSPS) is 22.8. The van der Waals surface area contributed by atoms with E-state index in [1.165, 1.54) is 13.8 Å². The van der Waals surface area contributed by atoms with E-state index in [0.29, 0.717) is 24.0 Å². The molecule has 5 rings (SSSR count). The Morgan fingerprint density at radius 3 is 1.96 bits per heavy atom. The average Bonchev–Trinajstić information content (AvgIpc) is 3.76. The number of unbranched alkanes of at least 4 members (excludes halogenated alkanes) is 1. The Bertz CT molecular complexity index is 2400. The van der Waals surface area contributed by atoms with Crippen molar-refractivity contribution >= 4 is 73.8 Å². The largest absolute Gasteiger partial charge is 0.394 e. The predicted octanol–water partition coefficient (Wildman–Crippen LogP) is -0.805. The second kappa shape index (κ2) is 28.1. The van der Waals surface area contributed by atoms with Crippen LogP contribution < -0.4 is 48.7 Å². The topological polar surface area (TPSA) is 332 Å². The van der Waals surface area contributed by atoms with E-state index in [1.54, 1.807) is 60.8 Å². The number of carbonyl (C=O) groups excluding carboxylic acids is 7. The Kier molecular flexibility index (Phi) is 22.2. The van der Waals surface area contributed by atoms with Crippen molar-refractivity contribution in [3.05, 3.63) is 108 Å². The lowest BCUT2D eigenvalue weighted by Crippen LogP contribution is -2.62. The zero-order valence-corrected chi connectivity index (χ0v) is 41.3. The van der Waals surface area contributed by atoms with Gasteiger partial charge in [-0.3, -0.25) is 33.6 Å². The van der Waals surface area contributed by atoms with Crippen LogP contribution in [0.3, 0.4) is 0 Å². The summed E-state index contributed by atoms with van der Waals surface area (Å²) in [7, 11) is 2.06. The lowest BCUT2D eigenvalue weighted by atomic mass is 10.0. The first kappa shape index (κ1) is 55.9. The number of aromatic nitrogens is 1. The van der Waals surface area contributed by atoms with E-state index in [0.717, 1.165) is 38.1 Å². The Morgan fingerprint density at radius 2 is 1.31 bits per heavy atom. The zero-order chi connectivity index (χ0) is 51.5. The van der Waals surface area contributed by atoms with Crippen molar-refractivity contribution in [3.8, 4) is 0 Å². The molecule has 3 aromatic carbocycles. The second-order valence-corrected chi connectivity index (χ2v) is 20.0. The lowest BCUT2D eigenvalue weighted by molar-refractivity contribution is -0.136. The molecule has 1 aliphatic heterocycles. The first-order valence-corrected chi connectivity index (χ1v) is 26.0. The standard InChI is InChI=1S/C49H66N10O10S2/c1-28(61)39(25-60)56-48(68)41-27-71-70-26-40(57-43(63)34(51)21-30-13-5-3-6-14-30)47(67)54-37(22-31-15-7-4-8-16-31)45(65)55-38(23-32-24-52-35-18-10-9-17-33(32)35)46(66)53-36(19-11-12-20-50)44(64)59-42(29(2)62)49(69)58-41/h3-10,13-18,24,28-29,34,36-42,52,60-62H,11-12,19-23,25-27,50-51H2,1-2H3,(H,53,66)(H,54,67)(H,55,65)(H,56,68)(H,57,63)(H,58,69)(H,59,64)/t28-,29+,34-,36+,37+,38-,39-,40+,41+,42-/m1/s1. The third-order valence-electron chi connectivity index (χ3n) is 11.9. The number of H-pyrrole nitrogens is 1. The van der Waals surface area contributed by atoms with Crippen molar-refractivity contribution in [3.63, 3.8) is 0 Å². The number of rotatable bonds is 17. The van der Waals surface area contributed by atoms with Gasteiger partial charge in [0.15, 0.2) is 0 Å². The van der Waals surface area contributed by atoms with Gasteiger partial charge >= 0.3 is 0 Å². The molecule has 0 unspecified atom stereocenters. The van der Waals surface area contributed by atoms with Gasteiger partial charge in [-0.15, -0.1) is 0 Å². The molecule has 1 aliphatic rings. The first-order valence-electron chi connectivity index (χ1n) is 23.5. The highest BCUT2D eigenvalue weighted by Gasteiger charge is 2.36. The van der Waals surface area contributed by atoms with Crippen molar-refractivity contribution in [1.82, 2.24) is 42.2 Å². The van der Waals surface area contributed by atoms with Gasteiger partial charge in [0.1, 0.15) is 36.3 Å². The molecule has 71 heavy (non-hydrogen) atoms. The molecule has 22 heteroatoms. The fourth-order valence-corrected chi connectivity index (χ4v) is 10.1. The van der Waals surface area contributed by atoms with Crippen LogP contribution in [0.4, 0.5) is 0 Å². The average molecular weight is 1020 g/mol. The van der Waals surface area contributed by atoms with Crippen LogP contribution in [0.25, 0.3) is 10.9 Å². The molecule has 0 aliphatic carbocycles. The molecule has 1 aromatic heterocycles. The van der Waals surface area contributed by atoms with Gasteiger partial charge in [-0.25, -0.2) is 0 Å². The molecule has 0 bridgehead atoms. The van der Waals surface area contributed by atoms with E-state index in [1.807, 2.05) is 30.3 Å². The van der Waals surface area contributed by atoms with Gasteiger partial charge in [-0.2, -0.15) is 0 Å². The minimum absolute atomic E-state index is 0.0340. The van der Waals surface area contributed by atoms with Gasteiger partial charge in [0.2, 0.25) is 41.4 Å². The minimum atomic E-state index is -1.66. The summed E-state index contributed by atoms with van der Waals surface area (Å²) in [4.78, 5) is 103. The summed E-state index contributed by atoms with van der Waals surface area (Å²) in [6.07, 6.45) is -0.156. The summed E-state index contributed by atoms with van der Waals surface area (Å²) in [5.41, 5.74) is 15.0. The molecule has 384 valence electrons. The number of carbonyl (C=O) groups is 7. The third kappa shape index (κ3) is 17.1. The van der Waals surface area contributed by atoms with Gasteiger partial charge in [0.25, 0.3) is 0 Å². The van der Waals surface area contributed by atoms with Crippen LogP contribution in [0.15, 0.2) is 91.1 Å². The number of hydrogen-bond acceptors (Lipinski definition) is 14. The molecule has 10 atom stereocenters. The molecule has 0 radical (unpaired) electrons. The maximum atomic E-state index is 14.7. The fourth-order valence-electron chi connectivity index (χ4n) is 7.73. The van der Waals surface area contributed by atoms with E-state index in [4.69, 9.17) is 11.5 Å². The Hall–Kier alpha value is -6.01. The molecular formula is C49H66N10O10S2. The molecule has 2 heterocycles. The van der Waals surface area contributed by atoms with Gasteiger partial charge in [0.05, 0.1) is 30.9 Å². The summed E-state index contributed by atoms with van der Waals surface area (Å²) in [5, 5.41) is 50.5. The maximum absolute atomic E-state index is 14.7.